The van der Waals surface area contributed by atoms with Gasteiger partial charge >= 0.3 is 5.69 Å². The summed E-state index contributed by atoms with van der Waals surface area (Å²) in [6.45, 7) is 0.402. The minimum Gasteiger partial charge on any atom is -0.467 e. The Bertz CT molecular complexity index is 951. The standard InChI is InChI=1S/C19H17FN2O2S/c20-16-8-2-1-5-13(16)12-25-18-15-7-3-9-17(15)22(19(23)21-18)11-14-6-4-10-24-14/h1-2,4-6,8,10H,3,7,9,11-12H2. The van der Waals surface area contributed by atoms with Crippen molar-refractivity contribution in [3.05, 3.63) is 81.5 Å². The van der Waals surface area contributed by atoms with Gasteiger partial charge in [-0.1, -0.05) is 18.2 Å². The molecule has 0 amide bonds. The number of hydrogen-bond acceptors (Lipinski definition) is 4. The van der Waals surface area contributed by atoms with Crippen LogP contribution in [0.4, 0.5) is 4.39 Å². The van der Waals surface area contributed by atoms with Gasteiger partial charge in [0, 0.05) is 17.0 Å². The van der Waals surface area contributed by atoms with Crippen molar-refractivity contribution in [2.75, 3.05) is 0 Å². The zero-order valence-corrected chi connectivity index (χ0v) is 14.4. The SMILES string of the molecule is O=c1nc(SCc2ccccc2F)c2c(n1Cc1ccco1)CCC2. The van der Waals surface area contributed by atoms with E-state index in [0.717, 1.165) is 41.3 Å². The van der Waals surface area contributed by atoms with Crippen LogP contribution >= 0.6 is 11.8 Å². The van der Waals surface area contributed by atoms with Crippen LogP contribution in [-0.4, -0.2) is 9.55 Å². The molecule has 6 heteroatoms. The first-order chi connectivity index (χ1) is 12.2. The first kappa shape index (κ1) is 16.1. The average Bonchev–Trinajstić information content (AvgIpc) is 3.28. The van der Waals surface area contributed by atoms with Gasteiger partial charge in [-0.3, -0.25) is 4.57 Å². The highest BCUT2D eigenvalue weighted by molar-refractivity contribution is 7.98. The molecule has 3 aromatic rings. The number of halogens is 1. The molecular weight excluding hydrogens is 339 g/mol. The smallest absolute Gasteiger partial charge is 0.349 e. The maximum Gasteiger partial charge on any atom is 0.349 e. The average molecular weight is 356 g/mol. The number of nitrogens with zero attached hydrogens (tertiary/aromatic N) is 2. The number of rotatable bonds is 5. The normalized spacial score (nSPS) is 13.2. The molecule has 1 aromatic carbocycles. The Morgan fingerprint density at radius 1 is 1.20 bits per heavy atom. The van der Waals surface area contributed by atoms with Crippen molar-refractivity contribution in [2.45, 2.75) is 36.6 Å². The molecule has 0 spiro atoms. The molecule has 128 valence electrons. The third kappa shape index (κ3) is 3.26. The molecular formula is C19H17FN2O2S. The van der Waals surface area contributed by atoms with Crippen molar-refractivity contribution in [3.8, 4) is 0 Å². The molecule has 0 saturated heterocycles. The summed E-state index contributed by atoms with van der Waals surface area (Å²) in [5.74, 6) is 0.982. The molecule has 0 bridgehead atoms. The molecule has 0 radical (unpaired) electrons. The summed E-state index contributed by atoms with van der Waals surface area (Å²) in [5, 5.41) is 0.733. The number of fused-ring (bicyclic) bond motifs is 1. The lowest BCUT2D eigenvalue weighted by Gasteiger charge is -2.13. The summed E-state index contributed by atoms with van der Waals surface area (Å²) < 4.78 is 20.9. The van der Waals surface area contributed by atoms with Gasteiger partial charge in [-0.15, -0.1) is 11.8 Å². The van der Waals surface area contributed by atoms with E-state index < -0.39 is 0 Å². The monoisotopic (exact) mass is 356 g/mol. The molecule has 0 atom stereocenters. The third-order valence-corrected chi connectivity index (χ3v) is 5.48. The number of benzene rings is 1. The molecule has 0 fully saturated rings. The van der Waals surface area contributed by atoms with Crippen molar-refractivity contribution in [1.82, 2.24) is 9.55 Å². The van der Waals surface area contributed by atoms with Gasteiger partial charge in [0.1, 0.15) is 16.6 Å². The lowest BCUT2D eigenvalue weighted by molar-refractivity contribution is 0.481. The minimum atomic E-state index is -0.270. The molecule has 0 N–H and O–H groups in total. The molecule has 2 aromatic heterocycles. The van der Waals surface area contributed by atoms with Gasteiger partial charge in [0.25, 0.3) is 0 Å². The van der Waals surface area contributed by atoms with Crippen LogP contribution in [-0.2, 0) is 25.1 Å². The van der Waals surface area contributed by atoms with Crippen molar-refractivity contribution in [3.63, 3.8) is 0 Å². The molecule has 2 heterocycles. The fourth-order valence-corrected chi connectivity index (χ4v) is 4.25. The largest absolute Gasteiger partial charge is 0.467 e. The number of aromatic nitrogens is 2. The van der Waals surface area contributed by atoms with Gasteiger partial charge in [0.2, 0.25) is 0 Å². The molecule has 0 aliphatic heterocycles. The molecule has 25 heavy (non-hydrogen) atoms. The van der Waals surface area contributed by atoms with Crippen LogP contribution < -0.4 is 5.69 Å². The first-order valence-electron chi connectivity index (χ1n) is 8.23. The van der Waals surface area contributed by atoms with E-state index in [2.05, 4.69) is 4.98 Å². The van der Waals surface area contributed by atoms with Crippen LogP contribution in [0.5, 0.6) is 0 Å². The summed E-state index contributed by atoms with van der Waals surface area (Å²) in [6.07, 6.45) is 4.37. The van der Waals surface area contributed by atoms with Gasteiger partial charge in [-0.05, 0) is 43.0 Å². The van der Waals surface area contributed by atoms with Crippen molar-refractivity contribution >= 4 is 11.8 Å². The molecule has 1 aliphatic carbocycles. The quantitative estimate of drug-likeness (QED) is 0.515. The van der Waals surface area contributed by atoms with E-state index in [0.29, 0.717) is 17.9 Å². The third-order valence-electron chi connectivity index (χ3n) is 4.42. The van der Waals surface area contributed by atoms with Crippen molar-refractivity contribution in [2.24, 2.45) is 0 Å². The summed E-state index contributed by atoms with van der Waals surface area (Å²) in [6, 6.07) is 10.4. The minimum absolute atomic E-state index is 0.224. The predicted molar refractivity (Wildman–Crippen MR) is 94.3 cm³/mol. The van der Waals surface area contributed by atoms with E-state index in [1.807, 2.05) is 18.2 Å². The van der Waals surface area contributed by atoms with Crippen LogP contribution in [0.15, 0.2) is 56.9 Å². The van der Waals surface area contributed by atoms with Crippen molar-refractivity contribution in [1.29, 1.82) is 0 Å². The zero-order valence-electron chi connectivity index (χ0n) is 13.6. The van der Waals surface area contributed by atoms with Gasteiger partial charge < -0.3 is 4.42 Å². The van der Waals surface area contributed by atoms with Crippen LogP contribution in [0.25, 0.3) is 0 Å². The second-order valence-electron chi connectivity index (χ2n) is 6.02. The van der Waals surface area contributed by atoms with Gasteiger partial charge in [-0.25, -0.2) is 9.18 Å². The van der Waals surface area contributed by atoms with E-state index in [4.69, 9.17) is 4.42 Å². The summed E-state index contributed by atoms with van der Waals surface area (Å²) >= 11 is 1.44. The van der Waals surface area contributed by atoms with Gasteiger partial charge in [0.15, 0.2) is 0 Å². The van der Waals surface area contributed by atoms with Crippen LogP contribution in [0.3, 0.4) is 0 Å². The molecule has 0 unspecified atom stereocenters. The van der Waals surface area contributed by atoms with E-state index in [1.165, 1.54) is 17.8 Å². The lowest BCUT2D eigenvalue weighted by atomic mass is 10.2. The van der Waals surface area contributed by atoms with Gasteiger partial charge in [0.05, 0.1) is 12.8 Å². The highest BCUT2D eigenvalue weighted by Gasteiger charge is 2.22. The number of hydrogen-bond donors (Lipinski definition) is 0. The molecule has 4 rings (SSSR count). The second-order valence-corrected chi connectivity index (χ2v) is 6.99. The Labute approximate surface area is 148 Å². The van der Waals surface area contributed by atoms with E-state index in [-0.39, 0.29) is 11.5 Å². The Hall–Kier alpha value is -2.34. The molecule has 0 saturated carbocycles. The molecule has 1 aliphatic rings. The van der Waals surface area contributed by atoms with Gasteiger partial charge in [-0.2, -0.15) is 4.98 Å². The van der Waals surface area contributed by atoms with Crippen molar-refractivity contribution < 1.29 is 8.81 Å². The topological polar surface area (TPSA) is 48.0 Å². The Morgan fingerprint density at radius 3 is 2.88 bits per heavy atom. The maximum absolute atomic E-state index is 13.8. The first-order valence-corrected chi connectivity index (χ1v) is 9.22. The Balaban J connectivity index is 1.64. The summed E-state index contributed by atoms with van der Waals surface area (Å²) in [7, 11) is 0. The van der Waals surface area contributed by atoms with Crippen LogP contribution in [0.1, 0.15) is 29.0 Å². The fraction of sp³-hybridized carbons (Fsp3) is 0.263. The maximum atomic E-state index is 13.8. The summed E-state index contributed by atoms with van der Waals surface area (Å²) in [4.78, 5) is 16.8. The Kier molecular flexibility index (Phi) is 4.44. The summed E-state index contributed by atoms with van der Waals surface area (Å²) in [5.41, 5.74) is 2.51. The number of thioether (sulfide) groups is 1. The van der Waals surface area contributed by atoms with E-state index in [9.17, 15) is 9.18 Å². The van der Waals surface area contributed by atoms with Crippen LogP contribution in [0, 0.1) is 5.82 Å². The van der Waals surface area contributed by atoms with Crippen LogP contribution in [0.2, 0.25) is 0 Å². The second kappa shape index (κ2) is 6.88. The molecule has 4 nitrogen and oxygen atoms in total. The Morgan fingerprint density at radius 2 is 2.08 bits per heavy atom. The highest BCUT2D eigenvalue weighted by Crippen LogP contribution is 2.31. The number of furan rings is 1. The fourth-order valence-electron chi connectivity index (χ4n) is 3.19. The highest BCUT2D eigenvalue weighted by atomic mass is 32.2. The lowest BCUT2D eigenvalue weighted by Crippen LogP contribution is -2.27. The van der Waals surface area contributed by atoms with E-state index >= 15 is 0 Å². The zero-order chi connectivity index (χ0) is 17.2. The predicted octanol–water partition coefficient (Wildman–Crippen LogP) is 3.80. The van der Waals surface area contributed by atoms with E-state index in [1.54, 1.807) is 23.0 Å².